The van der Waals surface area contributed by atoms with Gasteiger partial charge in [-0.15, -0.1) is 0 Å². The van der Waals surface area contributed by atoms with Crippen LogP contribution in [0.2, 0.25) is 5.02 Å². The van der Waals surface area contributed by atoms with Gasteiger partial charge in [0.25, 0.3) is 5.69 Å². The molecule has 0 fully saturated rings. The lowest BCUT2D eigenvalue weighted by atomic mass is 9.96. The number of carbonyl (C=O) groups excluding carboxylic acids is 1. The van der Waals surface area contributed by atoms with E-state index in [-0.39, 0.29) is 29.3 Å². The fourth-order valence-corrected chi connectivity index (χ4v) is 3.07. The molecule has 9 heteroatoms. The monoisotopic (exact) mass is 414 g/mol. The highest BCUT2D eigenvalue weighted by Crippen LogP contribution is 2.29. The van der Waals surface area contributed by atoms with Gasteiger partial charge in [0, 0.05) is 42.6 Å². The third-order valence-electron chi connectivity index (χ3n) is 4.55. The van der Waals surface area contributed by atoms with Crippen molar-refractivity contribution in [3.63, 3.8) is 0 Å². The van der Waals surface area contributed by atoms with Gasteiger partial charge in [0.1, 0.15) is 11.3 Å². The largest absolute Gasteiger partial charge is 0.384 e. The molecule has 0 radical (unpaired) electrons. The molecule has 0 aliphatic rings. The number of benzene rings is 2. The smallest absolute Gasteiger partial charge is 0.293 e. The Hall–Kier alpha value is -3.23. The molecule has 0 aliphatic heterocycles. The number of halogens is 1. The van der Waals surface area contributed by atoms with E-state index in [1.807, 2.05) is 0 Å². The number of nitro benzene ring substituents is 1. The zero-order valence-electron chi connectivity index (χ0n) is 15.8. The quantitative estimate of drug-likeness (QED) is 0.347. The van der Waals surface area contributed by atoms with Crippen molar-refractivity contribution in [2.75, 3.05) is 11.9 Å². The van der Waals surface area contributed by atoms with Crippen molar-refractivity contribution in [3.8, 4) is 0 Å². The van der Waals surface area contributed by atoms with Crippen LogP contribution in [-0.2, 0) is 12.6 Å². The second-order valence-electron chi connectivity index (χ2n) is 6.82. The summed E-state index contributed by atoms with van der Waals surface area (Å²) >= 11 is 5.98. The van der Waals surface area contributed by atoms with Crippen molar-refractivity contribution in [1.82, 2.24) is 9.55 Å². The number of hydrogen-bond acceptors (Lipinski definition) is 6. The molecule has 150 valence electrons. The predicted molar refractivity (Wildman–Crippen MR) is 109 cm³/mol. The SMILES string of the molecule is Cn1ccnc1C(=O)c1ccc(NCC(C)(O)c2cccc(Cl)c2)c([N+](=O)[O-])c1. The van der Waals surface area contributed by atoms with E-state index in [1.165, 1.54) is 24.4 Å². The first kappa shape index (κ1) is 20.5. The fourth-order valence-electron chi connectivity index (χ4n) is 2.88. The maximum Gasteiger partial charge on any atom is 0.293 e. The molecule has 0 bridgehead atoms. The van der Waals surface area contributed by atoms with Crippen LogP contribution in [0.4, 0.5) is 11.4 Å². The lowest BCUT2D eigenvalue weighted by Gasteiger charge is -2.25. The average Bonchev–Trinajstić information content (AvgIpc) is 3.11. The van der Waals surface area contributed by atoms with Crippen LogP contribution in [0.3, 0.4) is 0 Å². The van der Waals surface area contributed by atoms with Gasteiger partial charge < -0.3 is 15.0 Å². The third-order valence-corrected chi connectivity index (χ3v) is 4.79. The van der Waals surface area contributed by atoms with Gasteiger partial charge in [0.05, 0.1) is 4.92 Å². The van der Waals surface area contributed by atoms with Gasteiger partial charge in [-0.05, 0) is 36.8 Å². The number of carbonyl (C=O) groups is 1. The minimum Gasteiger partial charge on any atom is -0.384 e. The second kappa shape index (κ2) is 8.02. The zero-order chi connectivity index (χ0) is 21.2. The van der Waals surface area contributed by atoms with E-state index in [4.69, 9.17) is 11.6 Å². The number of rotatable bonds is 7. The summed E-state index contributed by atoms with van der Waals surface area (Å²) in [5.41, 5.74) is -0.680. The van der Waals surface area contributed by atoms with Crippen LogP contribution in [-0.4, -0.2) is 31.9 Å². The Kier molecular flexibility index (Phi) is 5.67. The summed E-state index contributed by atoms with van der Waals surface area (Å²) in [6.07, 6.45) is 3.10. The molecule has 0 saturated carbocycles. The van der Waals surface area contributed by atoms with Crippen LogP contribution in [0.1, 0.15) is 28.7 Å². The van der Waals surface area contributed by atoms with Gasteiger partial charge in [0.15, 0.2) is 5.82 Å². The van der Waals surface area contributed by atoms with E-state index in [0.717, 1.165) is 0 Å². The Morgan fingerprint density at radius 1 is 1.34 bits per heavy atom. The summed E-state index contributed by atoms with van der Waals surface area (Å²) < 4.78 is 1.54. The lowest BCUT2D eigenvalue weighted by molar-refractivity contribution is -0.384. The number of ketones is 1. The standard InChI is InChI=1S/C20H19ClN4O4/c1-20(27,14-4-3-5-15(21)11-14)12-23-16-7-6-13(10-17(16)25(28)29)18(26)19-22-8-9-24(19)2/h3-11,23,27H,12H2,1-2H3. The molecular formula is C20H19ClN4O4. The van der Waals surface area contributed by atoms with E-state index >= 15 is 0 Å². The van der Waals surface area contributed by atoms with E-state index in [0.29, 0.717) is 10.6 Å². The number of nitrogens with zero attached hydrogens (tertiary/aromatic N) is 3. The van der Waals surface area contributed by atoms with Crippen molar-refractivity contribution >= 4 is 28.8 Å². The van der Waals surface area contributed by atoms with Crippen LogP contribution in [0.25, 0.3) is 0 Å². The molecule has 3 aromatic rings. The molecule has 0 amide bonds. The molecular weight excluding hydrogens is 396 g/mol. The molecule has 3 rings (SSSR count). The van der Waals surface area contributed by atoms with E-state index in [9.17, 15) is 20.0 Å². The van der Waals surface area contributed by atoms with Gasteiger partial charge in [-0.2, -0.15) is 0 Å². The second-order valence-corrected chi connectivity index (χ2v) is 7.25. The Morgan fingerprint density at radius 3 is 2.72 bits per heavy atom. The first-order valence-electron chi connectivity index (χ1n) is 8.72. The summed E-state index contributed by atoms with van der Waals surface area (Å²) in [5.74, 6) is -0.234. The van der Waals surface area contributed by atoms with Crippen LogP contribution in [0.5, 0.6) is 0 Å². The highest BCUT2D eigenvalue weighted by atomic mass is 35.5. The number of aryl methyl sites for hydroxylation is 1. The van der Waals surface area contributed by atoms with Crippen molar-refractivity contribution in [1.29, 1.82) is 0 Å². The number of hydrogen-bond donors (Lipinski definition) is 2. The molecule has 1 atom stereocenters. The molecule has 1 heterocycles. The first-order chi connectivity index (χ1) is 13.7. The Labute approximate surface area is 171 Å². The molecule has 0 saturated heterocycles. The van der Waals surface area contributed by atoms with Crippen molar-refractivity contribution < 1.29 is 14.8 Å². The number of anilines is 1. The Bertz CT molecular complexity index is 1080. The molecule has 1 aromatic heterocycles. The number of nitro groups is 1. The van der Waals surface area contributed by atoms with E-state index in [2.05, 4.69) is 10.3 Å². The minimum atomic E-state index is -1.32. The highest BCUT2D eigenvalue weighted by Gasteiger charge is 2.26. The topological polar surface area (TPSA) is 110 Å². The van der Waals surface area contributed by atoms with E-state index < -0.39 is 16.3 Å². The summed E-state index contributed by atoms with van der Waals surface area (Å²) in [5, 5.41) is 25.7. The van der Waals surface area contributed by atoms with Crippen LogP contribution >= 0.6 is 11.6 Å². The third kappa shape index (κ3) is 4.44. The fraction of sp³-hybridized carbons (Fsp3) is 0.200. The maximum atomic E-state index is 12.6. The van der Waals surface area contributed by atoms with E-state index in [1.54, 1.807) is 49.0 Å². The van der Waals surface area contributed by atoms with Gasteiger partial charge >= 0.3 is 0 Å². The Balaban J connectivity index is 1.85. The van der Waals surface area contributed by atoms with Crippen molar-refractivity contribution in [2.45, 2.75) is 12.5 Å². The lowest BCUT2D eigenvalue weighted by Crippen LogP contribution is -2.30. The number of imidazole rings is 1. The molecule has 2 N–H and O–H groups in total. The number of aromatic nitrogens is 2. The molecule has 0 aliphatic carbocycles. The summed E-state index contributed by atoms with van der Waals surface area (Å²) in [4.78, 5) is 27.5. The molecule has 0 spiro atoms. The van der Waals surface area contributed by atoms with Crippen LogP contribution in [0, 0.1) is 10.1 Å². The molecule has 2 aromatic carbocycles. The molecule has 8 nitrogen and oxygen atoms in total. The number of aliphatic hydroxyl groups is 1. The molecule has 1 unspecified atom stereocenters. The first-order valence-corrected chi connectivity index (χ1v) is 9.09. The average molecular weight is 415 g/mol. The summed E-state index contributed by atoms with van der Waals surface area (Å²) in [7, 11) is 1.67. The van der Waals surface area contributed by atoms with Crippen molar-refractivity contribution in [3.05, 3.63) is 86.9 Å². The van der Waals surface area contributed by atoms with Crippen LogP contribution < -0.4 is 5.32 Å². The number of nitrogens with one attached hydrogen (secondary N) is 1. The summed E-state index contributed by atoms with van der Waals surface area (Å²) in [6.45, 7) is 1.58. The maximum absolute atomic E-state index is 12.6. The van der Waals surface area contributed by atoms with Gasteiger partial charge in [-0.3, -0.25) is 14.9 Å². The van der Waals surface area contributed by atoms with Crippen LogP contribution in [0.15, 0.2) is 54.9 Å². The van der Waals surface area contributed by atoms with Crippen molar-refractivity contribution in [2.24, 2.45) is 7.05 Å². The minimum absolute atomic E-state index is 0.000835. The highest BCUT2D eigenvalue weighted by molar-refractivity contribution is 6.30. The summed E-state index contributed by atoms with van der Waals surface area (Å²) in [6, 6.07) is 10.9. The predicted octanol–water partition coefficient (Wildman–Crippen LogP) is 3.53. The van der Waals surface area contributed by atoms with Gasteiger partial charge in [-0.25, -0.2) is 4.98 Å². The zero-order valence-corrected chi connectivity index (χ0v) is 16.6. The Morgan fingerprint density at radius 2 is 2.10 bits per heavy atom. The van der Waals surface area contributed by atoms with Gasteiger partial charge in [-0.1, -0.05) is 23.7 Å². The molecule has 29 heavy (non-hydrogen) atoms. The van der Waals surface area contributed by atoms with Gasteiger partial charge in [0.2, 0.25) is 5.78 Å². The normalized spacial score (nSPS) is 13.0.